The molecular weight excluding hydrogens is 154 g/mol. The van der Waals surface area contributed by atoms with Crippen molar-refractivity contribution in [3.8, 4) is 0 Å². The number of rotatable bonds is 5. The van der Waals surface area contributed by atoms with Gasteiger partial charge in [-0.1, -0.05) is 0 Å². The van der Waals surface area contributed by atoms with Crippen molar-refractivity contribution in [1.82, 2.24) is 0 Å². The molecule has 0 rings (SSSR count). The van der Waals surface area contributed by atoms with Crippen LogP contribution in [0.25, 0.3) is 0 Å². The van der Waals surface area contributed by atoms with Gasteiger partial charge in [-0.3, -0.25) is 14.9 Å². The number of carbonyl (C=O) groups is 1. The summed E-state index contributed by atoms with van der Waals surface area (Å²) in [6, 6.07) is 0. The molecule has 0 radical (unpaired) electrons. The topological polar surface area (TPSA) is 78.7 Å². The summed E-state index contributed by atoms with van der Waals surface area (Å²) in [6.45, 7) is 0.818. The van der Waals surface area contributed by atoms with Gasteiger partial charge in [-0.2, -0.15) is 0 Å². The monoisotopic (exact) mass is 163 g/mol. The van der Waals surface area contributed by atoms with Crippen LogP contribution in [0, 0.1) is 10.1 Å². The van der Waals surface area contributed by atoms with E-state index in [2.05, 4.69) is 9.47 Å². The Morgan fingerprint density at radius 3 is 2.64 bits per heavy atom. The Morgan fingerprint density at radius 2 is 2.18 bits per heavy atom. The van der Waals surface area contributed by atoms with Crippen LogP contribution >= 0.6 is 0 Å². The smallest absolute Gasteiger partial charge is 0.306 e. The van der Waals surface area contributed by atoms with E-state index < -0.39 is 17.6 Å². The standard InChI is InChI=1S/C5H9NO5/c1-5(7)11-3-2-10-4-6(8)9/h2-4H2,1H3. The van der Waals surface area contributed by atoms with Gasteiger partial charge in [0.25, 0.3) is 0 Å². The molecule has 0 saturated heterocycles. The van der Waals surface area contributed by atoms with E-state index in [4.69, 9.17) is 0 Å². The highest BCUT2D eigenvalue weighted by molar-refractivity contribution is 5.65. The number of hydrogen-bond acceptors (Lipinski definition) is 5. The zero-order chi connectivity index (χ0) is 8.69. The van der Waals surface area contributed by atoms with Crippen LogP contribution in [0.1, 0.15) is 6.92 Å². The maximum absolute atomic E-state index is 10.1. The Labute approximate surface area is 63.2 Å². The zero-order valence-corrected chi connectivity index (χ0v) is 6.11. The van der Waals surface area contributed by atoms with Crippen LogP contribution in [-0.2, 0) is 14.3 Å². The summed E-state index contributed by atoms with van der Waals surface area (Å²) < 4.78 is 8.91. The van der Waals surface area contributed by atoms with E-state index in [9.17, 15) is 14.9 Å². The van der Waals surface area contributed by atoms with E-state index in [-0.39, 0.29) is 13.2 Å². The van der Waals surface area contributed by atoms with Gasteiger partial charge in [0.2, 0.25) is 0 Å². The molecule has 0 atom stereocenters. The van der Waals surface area contributed by atoms with Crippen LogP contribution in [-0.4, -0.2) is 30.8 Å². The lowest BCUT2D eigenvalue weighted by Crippen LogP contribution is -2.12. The number of carbonyl (C=O) groups excluding carboxylic acids is 1. The number of esters is 1. The first-order valence-corrected chi connectivity index (χ1v) is 2.96. The minimum Gasteiger partial charge on any atom is -0.463 e. The van der Waals surface area contributed by atoms with Gasteiger partial charge in [-0.25, -0.2) is 0 Å². The van der Waals surface area contributed by atoms with Crippen molar-refractivity contribution < 1.29 is 19.2 Å². The Kier molecular flexibility index (Phi) is 5.01. The number of ether oxygens (including phenoxy) is 2. The van der Waals surface area contributed by atoms with Crippen molar-refractivity contribution in [2.24, 2.45) is 0 Å². The van der Waals surface area contributed by atoms with Gasteiger partial charge in [0.15, 0.2) is 0 Å². The summed E-state index contributed by atoms with van der Waals surface area (Å²) in [5, 5.41) is 9.67. The molecule has 11 heavy (non-hydrogen) atoms. The van der Waals surface area contributed by atoms with Gasteiger partial charge >= 0.3 is 12.7 Å². The largest absolute Gasteiger partial charge is 0.463 e. The minimum absolute atomic E-state index is 0.0561. The third-order valence-corrected chi connectivity index (χ3v) is 0.730. The number of hydrogen-bond donors (Lipinski definition) is 0. The molecule has 0 bridgehead atoms. The third kappa shape index (κ3) is 8.83. The third-order valence-electron chi connectivity index (χ3n) is 0.730. The Hall–Kier alpha value is -1.17. The molecule has 0 fully saturated rings. The average Bonchev–Trinajstić information content (AvgIpc) is 1.85. The number of nitrogens with zero attached hydrogens (tertiary/aromatic N) is 1. The zero-order valence-electron chi connectivity index (χ0n) is 6.11. The lowest BCUT2D eigenvalue weighted by atomic mass is 10.7. The highest BCUT2D eigenvalue weighted by Gasteiger charge is 1.96. The van der Waals surface area contributed by atoms with Crippen molar-refractivity contribution in [3.63, 3.8) is 0 Å². The molecule has 0 aliphatic rings. The van der Waals surface area contributed by atoms with Gasteiger partial charge in [0.1, 0.15) is 6.61 Å². The lowest BCUT2D eigenvalue weighted by molar-refractivity contribution is -0.526. The van der Waals surface area contributed by atoms with E-state index in [0.29, 0.717) is 0 Å². The molecule has 0 aromatic rings. The highest BCUT2D eigenvalue weighted by Crippen LogP contribution is 1.79. The van der Waals surface area contributed by atoms with Gasteiger partial charge in [-0.05, 0) is 0 Å². The Bertz CT molecular complexity index is 130. The summed E-state index contributed by atoms with van der Waals surface area (Å²) in [4.78, 5) is 19.2. The van der Waals surface area contributed by atoms with Gasteiger partial charge < -0.3 is 9.47 Å². The second-order valence-electron chi connectivity index (χ2n) is 1.71. The fourth-order valence-electron chi connectivity index (χ4n) is 0.383. The first-order chi connectivity index (χ1) is 5.13. The molecule has 64 valence electrons. The predicted molar refractivity (Wildman–Crippen MR) is 34.4 cm³/mol. The summed E-state index contributed by atoms with van der Waals surface area (Å²) in [7, 11) is 0. The van der Waals surface area contributed by atoms with E-state index in [1.807, 2.05) is 0 Å². The van der Waals surface area contributed by atoms with Crippen molar-refractivity contribution in [3.05, 3.63) is 10.1 Å². The average molecular weight is 163 g/mol. The number of nitro groups is 1. The second kappa shape index (κ2) is 5.60. The molecule has 0 heterocycles. The Balaban J connectivity index is 3.03. The molecule has 0 N–H and O–H groups in total. The minimum atomic E-state index is -0.603. The molecule has 0 aromatic heterocycles. The van der Waals surface area contributed by atoms with Crippen molar-refractivity contribution in [2.45, 2.75) is 6.92 Å². The maximum Gasteiger partial charge on any atom is 0.306 e. The normalized spacial score (nSPS) is 9.18. The molecule has 0 unspecified atom stereocenters. The van der Waals surface area contributed by atoms with Crippen molar-refractivity contribution in [1.29, 1.82) is 0 Å². The van der Waals surface area contributed by atoms with Crippen LogP contribution in [0.4, 0.5) is 0 Å². The Morgan fingerprint density at radius 1 is 1.55 bits per heavy atom. The molecular formula is C5H9NO5. The lowest BCUT2D eigenvalue weighted by Gasteiger charge is -1.99. The maximum atomic E-state index is 10.1. The molecule has 0 aliphatic heterocycles. The first kappa shape index (κ1) is 9.83. The van der Waals surface area contributed by atoms with E-state index in [1.165, 1.54) is 6.92 Å². The van der Waals surface area contributed by atoms with Crippen molar-refractivity contribution >= 4 is 5.97 Å². The first-order valence-electron chi connectivity index (χ1n) is 2.96. The SMILES string of the molecule is CC(=O)OCCOC[N+](=O)[O-]. The summed E-state index contributed by atoms with van der Waals surface area (Å²) >= 11 is 0. The van der Waals surface area contributed by atoms with E-state index in [0.717, 1.165) is 0 Å². The van der Waals surface area contributed by atoms with Gasteiger partial charge in [0.05, 0.1) is 6.61 Å². The summed E-state index contributed by atoms with van der Waals surface area (Å²) in [6.07, 6.45) is 0. The van der Waals surface area contributed by atoms with E-state index >= 15 is 0 Å². The van der Waals surface area contributed by atoms with Crippen LogP contribution < -0.4 is 0 Å². The molecule has 0 amide bonds. The fourth-order valence-corrected chi connectivity index (χ4v) is 0.383. The molecule has 0 spiro atoms. The van der Waals surface area contributed by atoms with Crippen LogP contribution in [0.3, 0.4) is 0 Å². The van der Waals surface area contributed by atoms with Crippen LogP contribution in [0.5, 0.6) is 0 Å². The van der Waals surface area contributed by atoms with Crippen LogP contribution in [0.15, 0.2) is 0 Å². The molecule has 6 heteroatoms. The molecule has 0 saturated carbocycles. The quantitative estimate of drug-likeness (QED) is 0.184. The van der Waals surface area contributed by atoms with Crippen LogP contribution in [0.2, 0.25) is 0 Å². The molecule has 6 nitrogen and oxygen atoms in total. The highest BCUT2D eigenvalue weighted by atomic mass is 16.7. The molecule has 0 aromatic carbocycles. The fraction of sp³-hybridized carbons (Fsp3) is 0.800. The second-order valence-corrected chi connectivity index (χ2v) is 1.71. The summed E-state index contributed by atoms with van der Waals surface area (Å²) in [5.41, 5.74) is 0. The van der Waals surface area contributed by atoms with Gasteiger partial charge in [0, 0.05) is 11.8 Å². The summed E-state index contributed by atoms with van der Waals surface area (Å²) in [5.74, 6) is -0.422. The van der Waals surface area contributed by atoms with Crippen molar-refractivity contribution in [2.75, 3.05) is 19.9 Å². The molecule has 0 aliphatic carbocycles. The predicted octanol–water partition coefficient (Wildman–Crippen LogP) is -0.200. The van der Waals surface area contributed by atoms with E-state index in [1.54, 1.807) is 0 Å². The van der Waals surface area contributed by atoms with Gasteiger partial charge in [-0.15, -0.1) is 0 Å².